The van der Waals surface area contributed by atoms with Gasteiger partial charge >= 0.3 is 6.09 Å². The van der Waals surface area contributed by atoms with Gasteiger partial charge in [-0.1, -0.05) is 13.3 Å². The van der Waals surface area contributed by atoms with Crippen LogP contribution in [-0.4, -0.2) is 50.5 Å². The minimum absolute atomic E-state index is 0.0691. The fourth-order valence-corrected chi connectivity index (χ4v) is 3.48. The number of unbranched alkanes of at least 4 members (excludes halogenated alkanes) is 1. The van der Waals surface area contributed by atoms with E-state index in [0.717, 1.165) is 25.5 Å². The van der Waals surface area contributed by atoms with Crippen molar-refractivity contribution in [2.24, 2.45) is 0 Å². The number of hydrogen-bond acceptors (Lipinski definition) is 5. The summed E-state index contributed by atoms with van der Waals surface area (Å²) >= 11 is 0. The summed E-state index contributed by atoms with van der Waals surface area (Å²) in [4.78, 5) is 13.6. The smallest absolute Gasteiger partial charge is 0.410 e. The second-order valence-electron chi connectivity index (χ2n) is 5.31. The summed E-state index contributed by atoms with van der Waals surface area (Å²) in [6.07, 6.45) is 4.43. The third-order valence-corrected chi connectivity index (χ3v) is 4.27. The molecule has 2 aliphatic heterocycles. The van der Waals surface area contributed by atoms with E-state index in [-0.39, 0.29) is 24.3 Å². The Morgan fingerprint density at radius 1 is 1.26 bits per heavy atom. The molecule has 6 nitrogen and oxygen atoms in total. The summed E-state index contributed by atoms with van der Waals surface area (Å²) in [7, 11) is -3.42. The molecule has 2 bridgehead atoms. The van der Waals surface area contributed by atoms with Gasteiger partial charge in [0.2, 0.25) is 0 Å². The third kappa shape index (κ3) is 3.60. The molecule has 1 saturated carbocycles. The second-order valence-corrected chi connectivity index (χ2v) is 6.91. The quantitative estimate of drug-likeness (QED) is 0.567. The molecule has 0 N–H and O–H groups in total. The molecule has 0 aromatic rings. The van der Waals surface area contributed by atoms with Crippen LogP contribution < -0.4 is 0 Å². The Labute approximate surface area is 114 Å². The highest BCUT2D eigenvalue weighted by Crippen LogP contribution is 2.40. The molecule has 2 heterocycles. The van der Waals surface area contributed by atoms with Gasteiger partial charge in [-0.3, -0.25) is 4.18 Å². The van der Waals surface area contributed by atoms with Crippen LogP contribution in [-0.2, 0) is 19.0 Å². The molecule has 1 aliphatic carbocycles. The summed E-state index contributed by atoms with van der Waals surface area (Å²) in [6, 6.07) is 0.138. The van der Waals surface area contributed by atoms with Gasteiger partial charge in [0.15, 0.2) is 0 Å². The van der Waals surface area contributed by atoms with Crippen LogP contribution in [0.2, 0.25) is 0 Å². The minimum atomic E-state index is -3.42. The molecule has 2 unspecified atom stereocenters. The number of fused-ring (bicyclic) bond motifs is 2. The highest BCUT2D eigenvalue weighted by molar-refractivity contribution is 7.86. The first-order chi connectivity index (χ1) is 8.90. The van der Waals surface area contributed by atoms with Crippen LogP contribution in [0.1, 0.15) is 39.0 Å². The number of nitrogens with zero attached hydrogens (tertiary/aromatic N) is 1. The molecule has 0 aromatic heterocycles. The van der Waals surface area contributed by atoms with Crippen molar-refractivity contribution in [2.75, 3.05) is 12.9 Å². The Hall–Kier alpha value is -0.820. The van der Waals surface area contributed by atoms with E-state index in [1.165, 1.54) is 0 Å². The maximum Gasteiger partial charge on any atom is 0.410 e. The van der Waals surface area contributed by atoms with Crippen LogP contribution in [0.4, 0.5) is 4.79 Å². The third-order valence-electron chi connectivity index (χ3n) is 3.65. The average Bonchev–Trinajstić information content (AvgIpc) is 2.26. The van der Waals surface area contributed by atoms with E-state index in [1.54, 1.807) is 4.90 Å². The van der Waals surface area contributed by atoms with Crippen molar-refractivity contribution < 1.29 is 22.1 Å². The summed E-state index contributed by atoms with van der Waals surface area (Å²) in [6.45, 7) is 2.49. The second kappa shape index (κ2) is 5.66. The van der Waals surface area contributed by atoms with E-state index < -0.39 is 10.1 Å². The molecule has 0 spiro atoms. The van der Waals surface area contributed by atoms with Gasteiger partial charge in [-0.15, -0.1) is 0 Å². The van der Waals surface area contributed by atoms with Crippen molar-refractivity contribution in [2.45, 2.75) is 57.2 Å². The molecule has 2 saturated heterocycles. The molecule has 2 atom stereocenters. The van der Waals surface area contributed by atoms with Gasteiger partial charge in [0, 0.05) is 12.1 Å². The molecule has 3 fully saturated rings. The number of rotatable bonds is 5. The predicted octanol–water partition coefficient (Wildman–Crippen LogP) is 1.50. The van der Waals surface area contributed by atoms with Gasteiger partial charge < -0.3 is 9.64 Å². The summed E-state index contributed by atoms with van der Waals surface area (Å²) in [5.74, 6) is 0. The Balaban J connectivity index is 1.82. The van der Waals surface area contributed by atoms with E-state index in [4.69, 9.17) is 8.92 Å². The van der Waals surface area contributed by atoms with Crippen LogP contribution in [0.5, 0.6) is 0 Å². The van der Waals surface area contributed by atoms with Crippen molar-refractivity contribution in [1.82, 2.24) is 4.90 Å². The number of piperidine rings is 1. The van der Waals surface area contributed by atoms with Gasteiger partial charge in [-0.25, -0.2) is 4.79 Å². The highest BCUT2D eigenvalue weighted by Gasteiger charge is 2.49. The largest absolute Gasteiger partial charge is 0.449 e. The topological polar surface area (TPSA) is 72.9 Å². The molecule has 19 heavy (non-hydrogen) atoms. The van der Waals surface area contributed by atoms with E-state index in [1.807, 2.05) is 6.92 Å². The zero-order valence-electron chi connectivity index (χ0n) is 11.4. The molecule has 110 valence electrons. The Kier molecular flexibility index (Phi) is 4.35. The van der Waals surface area contributed by atoms with Gasteiger partial charge in [0.1, 0.15) is 0 Å². The minimum Gasteiger partial charge on any atom is -0.449 e. The number of ether oxygens (including phenoxy) is 1. The van der Waals surface area contributed by atoms with Crippen LogP contribution in [0, 0.1) is 0 Å². The maximum absolute atomic E-state index is 11.9. The number of carbonyl (C=O) groups is 1. The Bertz CT molecular complexity index is 423. The van der Waals surface area contributed by atoms with Crippen LogP contribution in [0.15, 0.2) is 0 Å². The number of hydrogen-bond donors (Lipinski definition) is 0. The summed E-state index contributed by atoms with van der Waals surface area (Å²) in [5.41, 5.74) is 0. The van der Waals surface area contributed by atoms with Crippen LogP contribution in [0.3, 0.4) is 0 Å². The van der Waals surface area contributed by atoms with Crippen molar-refractivity contribution in [3.8, 4) is 0 Å². The first-order valence-electron chi connectivity index (χ1n) is 6.74. The van der Waals surface area contributed by atoms with Crippen molar-refractivity contribution in [3.05, 3.63) is 0 Å². The maximum atomic E-state index is 11.9. The fraction of sp³-hybridized carbons (Fsp3) is 0.917. The molecule has 3 aliphatic rings. The van der Waals surface area contributed by atoms with Crippen molar-refractivity contribution >= 4 is 16.2 Å². The van der Waals surface area contributed by atoms with E-state index >= 15 is 0 Å². The van der Waals surface area contributed by atoms with Crippen molar-refractivity contribution in [1.29, 1.82) is 0 Å². The Morgan fingerprint density at radius 3 is 2.42 bits per heavy atom. The van der Waals surface area contributed by atoms with Gasteiger partial charge in [-0.05, 0) is 25.7 Å². The molecule has 0 aromatic carbocycles. The molecule has 7 heteroatoms. The highest BCUT2D eigenvalue weighted by atomic mass is 32.2. The van der Waals surface area contributed by atoms with E-state index in [0.29, 0.717) is 19.4 Å². The van der Waals surface area contributed by atoms with Gasteiger partial charge in [0.05, 0.1) is 19.0 Å². The SMILES string of the molecule is CCCCOC(=O)N1C2CC(OS(C)(=O)=O)CC1C2. The van der Waals surface area contributed by atoms with E-state index in [2.05, 4.69) is 0 Å². The standard InChI is InChI=1S/C12H21NO5S/c1-3-4-5-17-12(14)13-9-6-10(13)8-11(7-9)18-19(2,15)16/h9-11H,3-8H2,1-2H3. The molecule has 3 rings (SSSR count). The monoisotopic (exact) mass is 291 g/mol. The predicted molar refractivity (Wildman–Crippen MR) is 69.2 cm³/mol. The molecule has 1 amide bonds. The summed E-state index contributed by atoms with van der Waals surface area (Å²) in [5, 5.41) is 0. The molecular formula is C12H21NO5S. The zero-order valence-corrected chi connectivity index (χ0v) is 12.2. The van der Waals surface area contributed by atoms with Crippen LogP contribution in [0.25, 0.3) is 0 Å². The Morgan fingerprint density at radius 2 is 1.89 bits per heavy atom. The van der Waals surface area contributed by atoms with Gasteiger partial charge in [-0.2, -0.15) is 8.42 Å². The lowest BCUT2D eigenvalue weighted by atomic mass is 9.78. The molecular weight excluding hydrogens is 270 g/mol. The average molecular weight is 291 g/mol. The number of carbonyl (C=O) groups excluding carboxylic acids is 1. The van der Waals surface area contributed by atoms with Gasteiger partial charge in [0.25, 0.3) is 10.1 Å². The van der Waals surface area contributed by atoms with E-state index in [9.17, 15) is 13.2 Å². The summed E-state index contributed by atoms with van der Waals surface area (Å²) < 4.78 is 32.4. The fourth-order valence-electron chi connectivity index (χ4n) is 2.83. The lowest BCUT2D eigenvalue weighted by molar-refractivity contribution is -0.0616. The normalized spacial score (nSPS) is 29.8. The lowest BCUT2D eigenvalue weighted by Gasteiger charge is -2.53. The first-order valence-corrected chi connectivity index (χ1v) is 8.55. The van der Waals surface area contributed by atoms with Crippen molar-refractivity contribution in [3.63, 3.8) is 0 Å². The first kappa shape index (κ1) is 14.6. The number of amides is 1. The zero-order chi connectivity index (χ0) is 14.0. The lowest BCUT2D eigenvalue weighted by Crippen LogP contribution is -2.64. The molecule has 0 radical (unpaired) electrons. The van der Waals surface area contributed by atoms with Crippen LogP contribution >= 0.6 is 0 Å².